The number of fused-ring (bicyclic) bond motifs is 1. The zero-order chi connectivity index (χ0) is 16.7. The molecule has 2 heterocycles. The van der Waals surface area contributed by atoms with Crippen molar-refractivity contribution in [2.75, 3.05) is 7.11 Å². The Morgan fingerprint density at radius 3 is 2.30 bits per heavy atom. The molecule has 0 saturated carbocycles. The maximum Gasteiger partial charge on any atom is 0.352 e. The lowest BCUT2D eigenvalue weighted by molar-refractivity contribution is 0.0681. The van der Waals surface area contributed by atoms with Gasteiger partial charge in [-0.05, 0) is 38.5 Å². The second-order valence-corrected chi connectivity index (χ2v) is 5.96. The normalized spacial score (nSPS) is 21.7. The van der Waals surface area contributed by atoms with E-state index in [0.29, 0.717) is 5.69 Å². The van der Waals surface area contributed by atoms with Crippen molar-refractivity contribution in [2.24, 2.45) is 0 Å². The Hall–Kier alpha value is -2.34. The Labute approximate surface area is 134 Å². The lowest BCUT2D eigenvalue weighted by Gasteiger charge is -2.31. The van der Waals surface area contributed by atoms with E-state index in [1.807, 2.05) is 45.0 Å². The Bertz CT molecular complexity index is 857. The molecule has 0 saturated heterocycles. The fourth-order valence-electron chi connectivity index (χ4n) is 3.33. The van der Waals surface area contributed by atoms with Crippen molar-refractivity contribution in [2.45, 2.75) is 39.0 Å². The second-order valence-electron chi connectivity index (χ2n) is 5.96. The fraction of sp³-hybridized carbons (Fsp3) is 0.412. The number of para-hydroxylation sites is 1. The lowest BCUT2D eigenvalue weighted by atomic mass is 10.0. The van der Waals surface area contributed by atoms with E-state index < -0.39 is 0 Å². The summed E-state index contributed by atoms with van der Waals surface area (Å²) in [6, 6.07) is 8.52. The molecule has 0 radical (unpaired) electrons. The van der Waals surface area contributed by atoms with Gasteiger partial charge >= 0.3 is 11.4 Å². The SMILES string of the molecule is COC(C)[C@@H]1C(C)=C[C@@H](C)n2c(=O)n(-c3ccccc3)c(=O)n21. The van der Waals surface area contributed by atoms with Crippen LogP contribution >= 0.6 is 0 Å². The summed E-state index contributed by atoms with van der Waals surface area (Å²) in [6.45, 7) is 5.78. The molecule has 0 N–H and O–H groups in total. The van der Waals surface area contributed by atoms with Crippen molar-refractivity contribution < 1.29 is 4.74 Å². The number of allylic oxidation sites excluding steroid dienone is 1. The van der Waals surface area contributed by atoms with Gasteiger partial charge in [0, 0.05) is 7.11 Å². The van der Waals surface area contributed by atoms with Crippen LogP contribution in [0.3, 0.4) is 0 Å². The second kappa shape index (κ2) is 5.70. The van der Waals surface area contributed by atoms with E-state index in [4.69, 9.17) is 4.74 Å². The lowest BCUT2D eigenvalue weighted by Crippen LogP contribution is -2.40. The van der Waals surface area contributed by atoms with Gasteiger partial charge in [-0.2, -0.15) is 0 Å². The zero-order valence-corrected chi connectivity index (χ0v) is 13.8. The predicted octanol–water partition coefficient (Wildman–Crippen LogP) is 1.90. The van der Waals surface area contributed by atoms with Crippen LogP contribution in [-0.4, -0.2) is 27.1 Å². The molecule has 23 heavy (non-hydrogen) atoms. The van der Waals surface area contributed by atoms with Gasteiger partial charge in [0.25, 0.3) is 0 Å². The fourth-order valence-corrected chi connectivity index (χ4v) is 3.33. The summed E-state index contributed by atoms with van der Waals surface area (Å²) in [5.41, 5.74) is 0.935. The Balaban J connectivity index is 2.31. The molecule has 0 spiro atoms. The number of aromatic nitrogens is 3. The Kier molecular flexibility index (Phi) is 3.85. The average molecular weight is 315 g/mol. The Morgan fingerprint density at radius 2 is 1.70 bits per heavy atom. The molecule has 0 aliphatic carbocycles. The van der Waals surface area contributed by atoms with Crippen LogP contribution in [-0.2, 0) is 4.74 Å². The molecule has 122 valence electrons. The van der Waals surface area contributed by atoms with Crippen molar-refractivity contribution >= 4 is 0 Å². The predicted molar refractivity (Wildman–Crippen MR) is 88.3 cm³/mol. The molecule has 6 heteroatoms. The molecule has 0 amide bonds. The zero-order valence-electron chi connectivity index (χ0n) is 13.8. The van der Waals surface area contributed by atoms with Gasteiger partial charge in [-0.3, -0.25) is 0 Å². The average Bonchev–Trinajstić information content (AvgIpc) is 2.79. The van der Waals surface area contributed by atoms with Crippen molar-refractivity contribution in [1.29, 1.82) is 0 Å². The highest BCUT2D eigenvalue weighted by atomic mass is 16.5. The van der Waals surface area contributed by atoms with Crippen LogP contribution in [0.4, 0.5) is 0 Å². The maximum absolute atomic E-state index is 13.0. The van der Waals surface area contributed by atoms with E-state index in [1.54, 1.807) is 19.2 Å². The number of hydrogen-bond acceptors (Lipinski definition) is 3. The molecule has 1 unspecified atom stereocenters. The van der Waals surface area contributed by atoms with Gasteiger partial charge in [0.05, 0.1) is 17.8 Å². The summed E-state index contributed by atoms with van der Waals surface area (Å²) in [5, 5.41) is 0. The first-order valence-electron chi connectivity index (χ1n) is 7.70. The highest BCUT2D eigenvalue weighted by molar-refractivity contribution is 5.31. The van der Waals surface area contributed by atoms with Crippen molar-refractivity contribution in [3.8, 4) is 5.69 Å². The van der Waals surface area contributed by atoms with Gasteiger partial charge in [0.2, 0.25) is 0 Å². The third-order valence-electron chi connectivity index (χ3n) is 4.46. The minimum Gasteiger partial charge on any atom is -0.379 e. The van der Waals surface area contributed by atoms with Crippen LogP contribution in [0.2, 0.25) is 0 Å². The maximum atomic E-state index is 13.0. The van der Waals surface area contributed by atoms with E-state index in [1.165, 1.54) is 13.9 Å². The smallest absolute Gasteiger partial charge is 0.352 e. The topological polar surface area (TPSA) is 58.2 Å². The summed E-state index contributed by atoms with van der Waals surface area (Å²) in [7, 11) is 1.61. The van der Waals surface area contributed by atoms with Gasteiger partial charge in [-0.25, -0.2) is 23.5 Å². The number of methoxy groups -OCH3 is 1. The third kappa shape index (κ3) is 2.30. The number of benzene rings is 1. The minimum absolute atomic E-state index is 0.180. The van der Waals surface area contributed by atoms with E-state index in [9.17, 15) is 9.59 Å². The molecule has 1 aliphatic rings. The summed E-state index contributed by atoms with van der Waals surface area (Å²) in [4.78, 5) is 25.8. The molecule has 0 fully saturated rings. The Morgan fingerprint density at radius 1 is 1.09 bits per heavy atom. The number of hydrogen-bond donors (Lipinski definition) is 0. The molecule has 0 bridgehead atoms. The number of rotatable bonds is 3. The highest BCUT2D eigenvalue weighted by Gasteiger charge is 2.33. The number of nitrogens with zero attached hydrogens (tertiary/aromatic N) is 3. The van der Waals surface area contributed by atoms with Crippen molar-refractivity contribution in [1.82, 2.24) is 13.9 Å². The van der Waals surface area contributed by atoms with Crippen molar-refractivity contribution in [3.63, 3.8) is 0 Å². The van der Waals surface area contributed by atoms with E-state index >= 15 is 0 Å². The monoisotopic (exact) mass is 315 g/mol. The summed E-state index contributed by atoms with van der Waals surface area (Å²) >= 11 is 0. The van der Waals surface area contributed by atoms with Gasteiger partial charge in [0.15, 0.2) is 0 Å². The van der Waals surface area contributed by atoms with E-state index in [0.717, 1.165) is 5.57 Å². The molecule has 1 aliphatic heterocycles. The first-order valence-corrected chi connectivity index (χ1v) is 7.70. The molecular weight excluding hydrogens is 294 g/mol. The van der Waals surface area contributed by atoms with Crippen LogP contribution in [0.15, 0.2) is 51.6 Å². The standard InChI is InChI=1S/C17H21N3O3/c1-11-10-12(2)19-16(21)18(14-8-6-5-7-9-14)17(22)20(19)15(11)13(3)23-4/h5-10,12-13,15H,1-4H3/t12-,13?,15+/m1/s1. The van der Waals surface area contributed by atoms with Gasteiger partial charge < -0.3 is 4.74 Å². The van der Waals surface area contributed by atoms with Crippen LogP contribution in [0, 0.1) is 0 Å². The van der Waals surface area contributed by atoms with Crippen LogP contribution < -0.4 is 11.4 Å². The third-order valence-corrected chi connectivity index (χ3v) is 4.46. The largest absolute Gasteiger partial charge is 0.379 e. The molecule has 2 aromatic rings. The van der Waals surface area contributed by atoms with E-state index in [-0.39, 0.29) is 29.6 Å². The molecule has 3 rings (SSSR count). The molecule has 6 nitrogen and oxygen atoms in total. The summed E-state index contributed by atoms with van der Waals surface area (Å²) < 4.78 is 9.71. The van der Waals surface area contributed by atoms with Crippen molar-refractivity contribution in [3.05, 3.63) is 62.9 Å². The van der Waals surface area contributed by atoms with Crippen LogP contribution in [0.5, 0.6) is 0 Å². The number of ether oxygens (including phenoxy) is 1. The van der Waals surface area contributed by atoms with Crippen LogP contribution in [0.25, 0.3) is 5.69 Å². The quantitative estimate of drug-likeness (QED) is 0.813. The molecule has 1 aromatic carbocycles. The van der Waals surface area contributed by atoms with Gasteiger partial charge in [-0.1, -0.05) is 24.3 Å². The highest BCUT2D eigenvalue weighted by Crippen LogP contribution is 2.28. The van der Waals surface area contributed by atoms with Gasteiger partial charge in [-0.15, -0.1) is 0 Å². The minimum atomic E-state index is -0.339. The molecule has 3 atom stereocenters. The first-order chi connectivity index (χ1) is 11.0. The van der Waals surface area contributed by atoms with Gasteiger partial charge in [0.1, 0.15) is 6.04 Å². The molecular formula is C17H21N3O3. The first kappa shape index (κ1) is 15.6. The summed E-state index contributed by atoms with van der Waals surface area (Å²) in [5.74, 6) is 0. The van der Waals surface area contributed by atoms with E-state index in [2.05, 4.69) is 0 Å². The summed E-state index contributed by atoms with van der Waals surface area (Å²) in [6.07, 6.45) is 1.80. The van der Waals surface area contributed by atoms with Crippen LogP contribution in [0.1, 0.15) is 32.9 Å². The molecule has 1 aromatic heterocycles.